The molecule has 0 bridgehead atoms. The van der Waals surface area contributed by atoms with Crippen molar-refractivity contribution in [2.75, 3.05) is 0 Å². The number of aromatic nitrogens is 1. The number of pyridine rings is 1. The second-order valence-electron chi connectivity index (χ2n) is 4.56. The molecular formula is C14H15NO. The van der Waals surface area contributed by atoms with Crippen molar-refractivity contribution >= 4 is 10.9 Å². The molecule has 3 rings (SSSR count). The average molecular weight is 213 g/mol. The van der Waals surface area contributed by atoms with Crippen molar-refractivity contribution in [2.24, 2.45) is 0 Å². The summed E-state index contributed by atoms with van der Waals surface area (Å²) in [6.07, 6.45) is 3.40. The lowest BCUT2D eigenvalue weighted by Crippen LogP contribution is -2.05. The third-order valence-corrected chi connectivity index (χ3v) is 3.37. The molecule has 0 atom stereocenters. The van der Waals surface area contributed by atoms with Gasteiger partial charge in [0.25, 0.3) is 0 Å². The lowest BCUT2D eigenvalue weighted by atomic mass is 10.1. The maximum Gasteiger partial charge on any atom is 0.189 e. The van der Waals surface area contributed by atoms with E-state index in [0.29, 0.717) is 5.92 Å². The highest BCUT2D eigenvalue weighted by molar-refractivity contribution is 5.81. The highest BCUT2D eigenvalue weighted by Crippen LogP contribution is 2.38. The summed E-state index contributed by atoms with van der Waals surface area (Å²) in [5.74, 6) is 0.599. The fourth-order valence-corrected chi connectivity index (χ4v) is 2.26. The maximum atomic E-state index is 12.0. The minimum Gasteiger partial charge on any atom is -0.358 e. The van der Waals surface area contributed by atoms with Gasteiger partial charge in [-0.25, -0.2) is 0 Å². The van der Waals surface area contributed by atoms with E-state index >= 15 is 0 Å². The predicted molar refractivity (Wildman–Crippen MR) is 65.9 cm³/mol. The summed E-state index contributed by atoms with van der Waals surface area (Å²) in [7, 11) is 0. The van der Waals surface area contributed by atoms with Gasteiger partial charge in [0.1, 0.15) is 0 Å². The van der Waals surface area contributed by atoms with Crippen LogP contribution in [0.1, 0.15) is 36.9 Å². The number of aryl methyl sites for hydroxylation is 1. The number of nitrogens with one attached hydrogen (secondary N) is 1. The van der Waals surface area contributed by atoms with Gasteiger partial charge in [-0.1, -0.05) is 19.1 Å². The Morgan fingerprint density at radius 1 is 1.38 bits per heavy atom. The molecule has 1 aromatic heterocycles. The number of benzene rings is 1. The van der Waals surface area contributed by atoms with Gasteiger partial charge in [0.05, 0.1) is 5.52 Å². The number of para-hydroxylation sites is 1. The molecule has 16 heavy (non-hydrogen) atoms. The maximum absolute atomic E-state index is 12.0. The number of hydrogen-bond donors (Lipinski definition) is 1. The van der Waals surface area contributed by atoms with E-state index in [0.717, 1.165) is 23.0 Å². The van der Waals surface area contributed by atoms with Crippen molar-refractivity contribution in [3.05, 3.63) is 45.7 Å². The van der Waals surface area contributed by atoms with Gasteiger partial charge in [-0.05, 0) is 36.8 Å². The highest BCUT2D eigenvalue weighted by atomic mass is 16.1. The van der Waals surface area contributed by atoms with Crippen LogP contribution in [0.2, 0.25) is 0 Å². The normalized spacial score (nSPS) is 15.6. The minimum absolute atomic E-state index is 0.158. The summed E-state index contributed by atoms with van der Waals surface area (Å²) in [4.78, 5) is 15.4. The standard InChI is InChI=1S/C14H15NO/c1-2-9-4-3-5-11-13(16)8-12(10-6-7-10)15-14(9)11/h3-5,8,10H,2,6-7H2,1H3,(H,15,16). The fraction of sp³-hybridized carbons (Fsp3) is 0.357. The van der Waals surface area contributed by atoms with Gasteiger partial charge in [-0.15, -0.1) is 0 Å². The molecule has 0 saturated heterocycles. The van der Waals surface area contributed by atoms with Crippen molar-refractivity contribution in [1.29, 1.82) is 0 Å². The van der Waals surface area contributed by atoms with Gasteiger partial charge in [0.2, 0.25) is 0 Å². The Morgan fingerprint density at radius 2 is 2.19 bits per heavy atom. The number of fused-ring (bicyclic) bond motifs is 1. The number of H-pyrrole nitrogens is 1. The fourth-order valence-electron chi connectivity index (χ4n) is 2.26. The Kier molecular flexibility index (Phi) is 2.10. The monoisotopic (exact) mass is 213 g/mol. The first-order chi connectivity index (χ1) is 7.79. The second kappa shape index (κ2) is 3.48. The van der Waals surface area contributed by atoms with E-state index < -0.39 is 0 Å². The lowest BCUT2D eigenvalue weighted by Gasteiger charge is -2.06. The van der Waals surface area contributed by atoms with Crippen LogP contribution in [-0.4, -0.2) is 4.98 Å². The van der Waals surface area contributed by atoms with E-state index in [1.807, 2.05) is 12.1 Å². The molecule has 1 N–H and O–H groups in total. The van der Waals surface area contributed by atoms with Crippen LogP contribution in [-0.2, 0) is 6.42 Å². The van der Waals surface area contributed by atoms with Crippen molar-refractivity contribution in [1.82, 2.24) is 4.98 Å². The summed E-state index contributed by atoms with van der Waals surface area (Å²) in [6, 6.07) is 7.74. The Bertz CT molecular complexity index is 593. The first-order valence-electron chi connectivity index (χ1n) is 5.94. The molecule has 1 aliphatic rings. The van der Waals surface area contributed by atoms with E-state index in [1.54, 1.807) is 6.07 Å². The molecule has 0 amide bonds. The van der Waals surface area contributed by atoms with E-state index in [9.17, 15) is 4.79 Å². The molecule has 2 nitrogen and oxygen atoms in total. The molecule has 82 valence electrons. The second-order valence-corrected chi connectivity index (χ2v) is 4.56. The van der Waals surface area contributed by atoms with Crippen LogP contribution >= 0.6 is 0 Å². The molecule has 1 saturated carbocycles. The van der Waals surface area contributed by atoms with E-state index in [2.05, 4.69) is 18.0 Å². The summed E-state index contributed by atoms with van der Waals surface area (Å²) in [6.45, 7) is 2.12. The third-order valence-electron chi connectivity index (χ3n) is 3.37. The Labute approximate surface area is 94.3 Å². The summed E-state index contributed by atoms with van der Waals surface area (Å²) in [5, 5.41) is 0.823. The predicted octanol–water partition coefficient (Wildman–Crippen LogP) is 2.97. The molecule has 0 radical (unpaired) electrons. The van der Waals surface area contributed by atoms with Crippen molar-refractivity contribution in [2.45, 2.75) is 32.1 Å². The van der Waals surface area contributed by atoms with Gasteiger partial charge in [0, 0.05) is 17.1 Å². The Morgan fingerprint density at radius 3 is 2.88 bits per heavy atom. The first-order valence-corrected chi connectivity index (χ1v) is 5.94. The SMILES string of the molecule is CCc1cccc2c(=O)cc(C3CC3)[nH]c12. The highest BCUT2D eigenvalue weighted by Gasteiger charge is 2.25. The zero-order valence-electron chi connectivity index (χ0n) is 9.42. The minimum atomic E-state index is 0.158. The topological polar surface area (TPSA) is 32.9 Å². The van der Waals surface area contributed by atoms with Gasteiger partial charge < -0.3 is 4.98 Å². The molecule has 1 aromatic carbocycles. The summed E-state index contributed by atoms with van der Waals surface area (Å²) < 4.78 is 0. The smallest absolute Gasteiger partial charge is 0.189 e. The van der Waals surface area contributed by atoms with Crippen LogP contribution in [0.5, 0.6) is 0 Å². The number of aromatic amines is 1. The average Bonchev–Trinajstić information content (AvgIpc) is 3.12. The first kappa shape index (κ1) is 9.64. The Balaban J connectivity index is 2.33. The van der Waals surface area contributed by atoms with Crippen molar-refractivity contribution in [3.8, 4) is 0 Å². The molecule has 1 heterocycles. The van der Waals surface area contributed by atoms with Gasteiger partial charge in [0.15, 0.2) is 5.43 Å². The lowest BCUT2D eigenvalue weighted by molar-refractivity contribution is 1.03. The summed E-state index contributed by atoms with van der Waals surface area (Å²) >= 11 is 0. The Hall–Kier alpha value is -1.57. The number of hydrogen-bond acceptors (Lipinski definition) is 1. The van der Waals surface area contributed by atoms with Crippen molar-refractivity contribution < 1.29 is 0 Å². The third kappa shape index (κ3) is 1.45. The molecule has 0 aliphatic heterocycles. The molecule has 0 unspecified atom stereocenters. The number of rotatable bonds is 2. The molecule has 2 aromatic rings. The molecule has 0 spiro atoms. The quantitative estimate of drug-likeness (QED) is 0.817. The largest absolute Gasteiger partial charge is 0.358 e. The van der Waals surface area contributed by atoms with E-state index in [-0.39, 0.29) is 5.43 Å². The van der Waals surface area contributed by atoms with E-state index in [1.165, 1.54) is 18.4 Å². The molecule has 2 heteroatoms. The van der Waals surface area contributed by atoms with E-state index in [4.69, 9.17) is 0 Å². The van der Waals surface area contributed by atoms with Gasteiger partial charge in [-0.2, -0.15) is 0 Å². The molecule has 1 aliphatic carbocycles. The van der Waals surface area contributed by atoms with Crippen LogP contribution in [0.25, 0.3) is 10.9 Å². The zero-order valence-corrected chi connectivity index (χ0v) is 9.42. The summed E-state index contributed by atoms with van der Waals surface area (Å²) in [5.41, 5.74) is 3.56. The van der Waals surface area contributed by atoms with Crippen LogP contribution < -0.4 is 5.43 Å². The van der Waals surface area contributed by atoms with Gasteiger partial charge in [-0.3, -0.25) is 4.79 Å². The van der Waals surface area contributed by atoms with Crippen LogP contribution in [0.15, 0.2) is 29.1 Å². The van der Waals surface area contributed by atoms with Crippen LogP contribution in [0.3, 0.4) is 0 Å². The zero-order chi connectivity index (χ0) is 11.1. The molecule has 1 fully saturated rings. The van der Waals surface area contributed by atoms with Crippen LogP contribution in [0, 0.1) is 0 Å². The van der Waals surface area contributed by atoms with Crippen LogP contribution in [0.4, 0.5) is 0 Å². The van der Waals surface area contributed by atoms with Crippen molar-refractivity contribution in [3.63, 3.8) is 0 Å². The van der Waals surface area contributed by atoms with Gasteiger partial charge >= 0.3 is 0 Å². The molecular weight excluding hydrogens is 198 g/mol.